The number of hydrogen-bond acceptors (Lipinski definition) is 8. The Morgan fingerprint density at radius 2 is 2.17 bits per heavy atom. The third kappa shape index (κ3) is 4.54. The second-order valence-electron chi connectivity index (χ2n) is 7.98. The number of rotatable bonds is 7. The second kappa shape index (κ2) is 8.84. The van der Waals surface area contributed by atoms with Crippen LogP contribution < -0.4 is 11.1 Å². The monoisotopic (exact) mass is 400 g/mol. The molecule has 1 aromatic rings. The van der Waals surface area contributed by atoms with E-state index in [1.165, 1.54) is 6.33 Å². The molecule has 3 rings (SSSR count). The van der Waals surface area contributed by atoms with Crippen molar-refractivity contribution in [3.8, 4) is 0 Å². The minimum atomic E-state index is -0.617. The lowest BCUT2D eigenvalue weighted by atomic mass is 9.69. The summed E-state index contributed by atoms with van der Waals surface area (Å²) in [6, 6.07) is 1.73. The van der Waals surface area contributed by atoms with E-state index in [2.05, 4.69) is 29.1 Å². The van der Waals surface area contributed by atoms with Crippen molar-refractivity contribution in [2.24, 2.45) is 11.1 Å². The highest BCUT2D eigenvalue weighted by molar-refractivity contribution is 6.04. The highest BCUT2D eigenvalue weighted by atomic mass is 16.5. The first-order valence-electron chi connectivity index (χ1n) is 9.85. The second-order valence-corrected chi connectivity index (χ2v) is 7.98. The molecule has 29 heavy (non-hydrogen) atoms. The number of allylic oxidation sites excluding steroid dienone is 2. The first-order chi connectivity index (χ1) is 13.9. The maximum absolute atomic E-state index is 13.2. The summed E-state index contributed by atoms with van der Waals surface area (Å²) in [6.45, 7) is 6.99. The molecule has 0 bridgehead atoms. The van der Waals surface area contributed by atoms with Crippen LogP contribution in [0.2, 0.25) is 0 Å². The molecule has 3 N–H and O–H groups in total. The van der Waals surface area contributed by atoms with Crippen LogP contribution in [0, 0.1) is 5.41 Å². The van der Waals surface area contributed by atoms with Crippen LogP contribution in [0.1, 0.15) is 45.2 Å². The molecule has 2 heterocycles. The summed E-state index contributed by atoms with van der Waals surface area (Å²) < 4.78 is 11.0. The van der Waals surface area contributed by atoms with E-state index in [-0.39, 0.29) is 24.4 Å². The number of carbonyl (C=O) groups excluding carboxylic acids is 2. The minimum Gasteiger partial charge on any atom is -0.463 e. The Labute approximate surface area is 170 Å². The van der Waals surface area contributed by atoms with Gasteiger partial charge in [-0.15, -0.1) is 0 Å². The third-order valence-electron chi connectivity index (χ3n) is 5.03. The average Bonchev–Trinajstić information content (AvgIpc) is 2.67. The molecule has 1 unspecified atom stereocenters. The number of ketones is 1. The van der Waals surface area contributed by atoms with E-state index in [0.717, 1.165) is 5.70 Å². The van der Waals surface area contributed by atoms with Gasteiger partial charge in [0.05, 0.1) is 42.7 Å². The molecule has 0 amide bonds. The number of nitrogens with two attached hydrogens (primary N) is 1. The fourth-order valence-corrected chi connectivity index (χ4v) is 3.94. The molecule has 0 spiro atoms. The van der Waals surface area contributed by atoms with E-state index in [1.807, 2.05) is 0 Å². The molecule has 0 saturated carbocycles. The van der Waals surface area contributed by atoms with Gasteiger partial charge in [-0.05, 0) is 24.8 Å². The SMILES string of the molecule is CCOC(=O)C1=C(COCCN)NC2=C(C(=O)CC(C)(C)C2)C1c1ccncn1. The average molecular weight is 400 g/mol. The van der Waals surface area contributed by atoms with Gasteiger partial charge in [-0.2, -0.15) is 0 Å². The molecular formula is C21H28N4O4. The largest absolute Gasteiger partial charge is 0.463 e. The van der Waals surface area contributed by atoms with Gasteiger partial charge in [0.15, 0.2) is 5.78 Å². The van der Waals surface area contributed by atoms with Crippen molar-refractivity contribution < 1.29 is 19.1 Å². The van der Waals surface area contributed by atoms with Crippen molar-refractivity contribution >= 4 is 11.8 Å². The predicted molar refractivity (Wildman–Crippen MR) is 106 cm³/mol. The van der Waals surface area contributed by atoms with Gasteiger partial charge in [-0.1, -0.05) is 13.8 Å². The lowest BCUT2D eigenvalue weighted by molar-refractivity contribution is -0.139. The molecule has 0 saturated heterocycles. The highest BCUT2D eigenvalue weighted by Crippen LogP contribution is 2.46. The van der Waals surface area contributed by atoms with E-state index >= 15 is 0 Å². The van der Waals surface area contributed by atoms with E-state index < -0.39 is 11.9 Å². The summed E-state index contributed by atoms with van der Waals surface area (Å²) >= 11 is 0. The van der Waals surface area contributed by atoms with Crippen molar-refractivity contribution in [3.63, 3.8) is 0 Å². The number of ether oxygens (including phenoxy) is 2. The van der Waals surface area contributed by atoms with E-state index in [1.54, 1.807) is 19.2 Å². The zero-order valence-electron chi connectivity index (χ0n) is 17.2. The fraction of sp³-hybridized carbons (Fsp3) is 0.524. The Kier molecular flexibility index (Phi) is 6.44. The molecule has 8 nitrogen and oxygen atoms in total. The zero-order valence-corrected chi connectivity index (χ0v) is 17.2. The molecule has 0 aromatic carbocycles. The smallest absolute Gasteiger partial charge is 0.336 e. The molecule has 156 valence electrons. The summed E-state index contributed by atoms with van der Waals surface area (Å²) in [7, 11) is 0. The predicted octanol–water partition coefficient (Wildman–Crippen LogP) is 1.60. The Hall–Kier alpha value is -2.58. The van der Waals surface area contributed by atoms with Crippen molar-refractivity contribution in [1.29, 1.82) is 0 Å². The molecule has 2 aliphatic rings. The lowest BCUT2D eigenvalue weighted by Gasteiger charge is -2.39. The van der Waals surface area contributed by atoms with Gasteiger partial charge in [0.25, 0.3) is 0 Å². The van der Waals surface area contributed by atoms with Crippen LogP contribution in [0.4, 0.5) is 0 Å². The molecule has 1 aliphatic heterocycles. The van der Waals surface area contributed by atoms with Crippen molar-refractivity contribution in [1.82, 2.24) is 15.3 Å². The number of aromatic nitrogens is 2. The number of nitrogens with zero attached hydrogens (tertiary/aromatic N) is 2. The van der Waals surface area contributed by atoms with Crippen LogP contribution in [-0.4, -0.2) is 48.1 Å². The fourth-order valence-electron chi connectivity index (χ4n) is 3.94. The highest BCUT2D eigenvalue weighted by Gasteiger charge is 2.44. The normalized spacial score (nSPS) is 21.0. The molecule has 1 atom stereocenters. The summed E-state index contributed by atoms with van der Waals surface area (Å²) in [4.78, 5) is 34.4. The summed E-state index contributed by atoms with van der Waals surface area (Å²) in [5, 5.41) is 3.32. The van der Waals surface area contributed by atoms with E-state index in [9.17, 15) is 9.59 Å². The maximum Gasteiger partial charge on any atom is 0.336 e. The minimum absolute atomic E-state index is 0.0103. The summed E-state index contributed by atoms with van der Waals surface area (Å²) in [5.74, 6) is -1.09. The topological polar surface area (TPSA) is 116 Å². The van der Waals surface area contributed by atoms with Crippen molar-refractivity contribution in [2.45, 2.75) is 39.5 Å². The zero-order chi connectivity index (χ0) is 21.0. The standard InChI is InChI=1S/C21H28N4O4/c1-4-29-20(27)19-15(11-28-8-6-22)25-14-9-21(2,3)10-16(26)17(14)18(19)13-5-7-23-12-24-13/h5,7,12,18,25H,4,6,8-11,22H2,1-3H3. The Bertz CT molecular complexity index is 845. The van der Waals surface area contributed by atoms with Crippen LogP contribution in [-0.2, 0) is 19.1 Å². The van der Waals surface area contributed by atoms with Crippen molar-refractivity contribution in [2.75, 3.05) is 26.4 Å². The number of carbonyl (C=O) groups is 2. The molecule has 0 fully saturated rings. The number of nitrogens with one attached hydrogen (secondary N) is 1. The van der Waals surface area contributed by atoms with Crippen molar-refractivity contribution in [3.05, 3.63) is 46.8 Å². The molecule has 1 aromatic heterocycles. The lowest BCUT2D eigenvalue weighted by Crippen LogP contribution is -2.40. The maximum atomic E-state index is 13.2. The van der Waals surface area contributed by atoms with Gasteiger partial charge in [0.2, 0.25) is 0 Å². The molecule has 1 aliphatic carbocycles. The number of esters is 1. The van der Waals surface area contributed by atoms with E-state index in [4.69, 9.17) is 15.2 Å². The van der Waals surface area contributed by atoms with Crippen LogP contribution >= 0.6 is 0 Å². The van der Waals surface area contributed by atoms with Gasteiger partial charge in [0, 0.05) is 30.4 Å². The van der Waals surface area contributed by atoms with Gasteiger partial charge in [0.1, 0.15) is 6.33 Å². The van der Waals surface area contributed by atoms with Gasteiger partial charge >= 0.3 is 5.97 Å². The Morgan fingerprint density at radius 1 is 1.38 bits per heavy atom. The summed E-state index contributed by atoms with van der Waals surface area (Å²) in [6.07, 6.45) is 4.12. The number of dihydropyridines is 1. The Morgan fingerprint density at radius 3 is 2.83 bits per heavy atom. The van der Waals surface area contributed by atoms with Crippen LogP contribution in [0.5, 0.6) is 0 Å². The first-order valence-corrected chi connectivity index (χ1v) is 9.85. The van der Waals surface area contributed by atoms with Gasteiger partial charge < -0.3 is 20.5 Å². The van der Waals surface area contributed by atoms with Gasteiger partial charge in [-0.3, -0.25) is 4.79 Å². The first kappa shape index (κ1) is 21.1. The molecular weight excluding hydrogens is 372 g/mol. The van der Waals surface area contributed by atoms with Crippen LogP contribution in [0.3, 0.4) is 0 Å². The molecule has 0 radical (unpaired) electrons. The Balaban J connectivity index is 2.14. The number of hydrogen-bond donors (Lipinski definition) is 2. The van der Waals surface area contributed by atoms with Crippen LogP contribution in [0.25, 0.3) is 0 Å². The van der Waals surface area contributed by atoms with Gasteiger partial charge in [-0.25, -0.2) is 14.8 Å². The van der Waals surface area contributed by atoms with E-state index in [0.29, 0.717) is 48.5 Å². The van der Waals surface area contributed by atoms with Crippen LogP contribution in [0.15, 0.2) is 41.1 Å². The third-order valence-corrected chi connectivity index (χ3v) is 5.03. The number of Topliss-reactive ketones (excluding diaryl/α,β-unsaturated/α-hetero) is 1. The summed E-state index contributed by atoms with van der Waals surface area (Å²) in [5.41, 5.74) is 8.28. The molecule has 8 heteroatoms. The quantitative estimate of drug-likeness (QED) is 0.524.